The largest absolute Gasteiger partial charge is 1.00 e. The molecule has 0 amide bonds. The number of hydrogen-bond donors (Lipinski definition) is 1. The van der Waals surface area contributed by atoms with E-state index in [0.717, 1.165) is 12.8 Å². The molecule has 4 heteroatoms. The van der Waals surface area contributed by atoms with Gasteiger partial charge in [0.2, 0.25) is 0 Å². The summed E-state index contributed by atoms with van der Waals surface area (Å²) < 4.78 is 0. The second-order valence-corrected chi connectivity index (χ2v) is 2.41. The molecule has 0 saturated carbocycles. The van der Waals surface area contributed by atoms with E-state index in [4.69, 9.17) is 5.11 Å². The third kappa shape index (κ3) is 8.34. The Morgan fingerprint density at radius 2 is 2.18 bits per heavy atom. The Labute approximate surface area is 89.1 Å². The molecule has 0 rings (SSSR count). The molecule has 0 unspecified atom stereocenters. The molecular weight excluding hydrogens is 155 g/mol. The van der Waals surface area contributed by atoms with E-state index >= 15 is 0 Å². The Bertz CT molecular complexity index is 106. The van der Waals surface area contributed by atoms with E-state index in [1.54, 1.807) is 0 Å². The van der Waals surface area contributed by atoms with E-state index in [0.29, 0.717) is 0 Å². The average molecular weight is 168 g/mol. The van der Waals surface area contributed by atoms with Crippen molar-refractivity contribution in [2.75, 3.05) is 6.61 Å². The number of aliphatic hydroxyl groups is 1. The van der Waals surface area contributed by atoms with Gasteiger partial charge in [0.25, 0.3) is 0 Å². The van der Waals surface area contributed by atoms with Gasteiger partial charge < -0.3 is 15.0 Å². The molecule has 1 N–H and O–H groups in total. The molecule has 0 aromatic rings. The molecule has 60 valence electrons. The third-order valence-electron chi connectivity index (χ3n) is 1.41. The summed E-state index contributed by atoms with van der Waals surface area (Å²) in [5.41, 5.74) is 0. The number of carbonyl (C=O) groups is 1. The maximum atomic E-state index is 10.0. The van der Waals surface area contributed by atoms with Crippen LogP contribution in [0.4, 0.5) is 0 Å². The van der Waals surface area contributed by atoms with Crippen molar-refractivity contribution in [3.05, 3.63) is 0 Å². The van der Waals surface area contributed by atoms with Crippen molar-refractivity contribution >= 4 is 5.97 Å². The minimum absolute atomic E-state index is 0. The van der Waals surface area contributed by atoms with Crippen LogP contribution in [-0.4, -0.2) is 17.7 Å². The van der Waals surface area contributed by atoms with Crippen molar-refractivity contribution in [3.63, 3.8) is 0 Å². The molecule has 0 saturated heterocycles. The topological polar surface area (TPSA) is 60.4 Å². The number of hydrogen-bond acceptors (Lipinski definition) is 3. The SMILES string of the molecule is CCC[C@@H](CO)CC(=O)[O-].[Na+]. The van der Waals surface area contributed by atoms with Crippen LogP contribution in [0.2, 0.25) is 0 Å². The molecule has 0 aliphatic carbocycles. The zero-order valence-electron chi connectivity index (χ0n) is 7.17. The maximum absolute atomic E-state index is 10.0. The molecule has 1 atom stereocenters. The second kappa shape index (κ2) is 8.53. The van der Waals surface area contributed by atoms with Crippen LogP contribution in [0, 0.1) is 5.92 Å². The Hall–Kier alpha value is 0.430. The van der Waals surface area contributed by atoms with Crippen LogP contribution in [0.5, 0.6) is 0 Å². The van der Waals surface area contributed by atoms with Crippen LogP contribution in [0.15, 0.2) is 0 Å². The van der Waals surface area contributed by atoms with Gasteiger partial charge in [0, 0.05) is 12.6 Å². The predicted octanol–water partition coefficient (Wildman–Crippen LogP) is -3.46. The van der Waals surface area contributed by atoms with Crippen LogP contribution in [-0.2, 0) is 4.79 Å². The second-order valence-electron chi connectivity index (χ2n) is 2.41. The standard InChI is InChI=1S/C7H14O3.Na/c1-2-3-6(5-8)4-7(9)10;/h6,8H,2-5H2,1H3,(H,9,10);/q;+1/p-1/t6-;/m1./s1. The van der Waals surface area contributed by atoms with Gasteiger partial charge in [-0.2, -0.15) is 0 Å². The van der Waals surface area contributed by atoms with Gasteiger partial charge in [-0.05, 0) is 18.8 Å². The quantitative estimate of drug-likeness (QED) is 0.434. The molecule has 0 aliphatic heterocycles. The Morgan fingerprint density at radius 3 is 2.45 bits per heavy atom. The van der Waals surface area contributed by atoms with Crippen LogP contribution in [0.3, 0.4) is 0 Å². The van der Waals surface area contributed by atoms with Gasteiger partial charge >= 0.3 is 29.6 Å². The third-order valence-corrected chi connectivity index (χ3v) is 1.41. The Balaban J connectivity index is 0. The Kier molecular flexibility index (Phi) is 10.8. The summed E-state index contributed by atoms with van der Waals surface area (Å²) in [6, 6.07) is 0. The number of aliphatic carboxylic acids is 1. The molecule has 0 aliphatic rings. The number of carboxylic acids is 1. The summed E-state index contributed by atoms with van der Waals surface area (Å²) in [6.07, 6.45) is 1.63. The minimum atomic E-state index is -1.08. The summed E-state index contributed by atoms with van der Waals surface area (Å²) in [6.45, 7) is 1.90. The van der Waals surface area contributed by atoms with E-state index in [1.807, 2.05) is 6.92 Å². The molecule has 0 heterocycles. The molecule has 0 fully saturated rings. The van der Waals surface area contributed by atoms with E-state index in [2.05, 4.69) is 0 Å². The fourth-order valence-electron chi connectivity index (χ4n) is 0.902. The first kappa shape index (κ1) is 14.0. The van der Waals surface area contributed by atoms with E-state index in [1.165, 1.54) is 0 Å². The summed E-state index contributed by atoms with van der Waals surface area (Å²) in [4.78, 5) is 10.0. The summed E-state index contributed by atoms with van der Waals surface area (Å²) in [5.74, 6) is -1.19. The first-order valence-corrected chi connectivity index (χ1v) is 3.51. The molecule has 0 aromatic heterocycles. The molecular formula is C7H13NaO3. The average Bonchev–Trinajstić information content (AvgIpc) is 1.86. The van der Waals surface area contributed by atoms with Crippen molar-refractivity contribution in [1.82, 2.24) is 0 Å². The van der Waals surface area contributed by atoms with Crippen molar-refractivity contribution in [1.29, 1.82) is 0 Å². The first-order chi connectivity index (χ1) is 4.70. The number of carboxylic acid groups (broad SMARTS) is 1. The van der Waals surface area contributed by atoms with Crippen LogP contribution in [0.25, 0.3) is 0 Å². The van der Waals surface area contributed by atoms with Gasteiger partial charge in [-0.15, -0.1) is 0 Å². The monoisotopic (exact) mass is 168 g/mol. The van der Waals surface area contributed by atoms with Gasteiger partial charge in [-0.1, -0.05) is 13.3 Å². The van der Waals surface area contributed by atoms with Gasteiger partial charge in [0.1, 0.15) is 0 Å². The van der Waals surface area contributed by atoms with Gasteiger partial charge in [0.15, 0.2) is 0 Å². The first-order valence-electron chi connectivity index (χ1n) is 3.51. The number of rotatable bonds is 5. The van der Waals surface area contributed by atoms with Crippen LogP contribution >= 0.6 is 0 Å². The van der Waals surface area contributed by atoms with E-state index in [-0.39, 0.29) is 48.5 Å². The molecule has 11 heavy (non-hydrogen) atoms. The molecule has 0 aromatic carbocycles. The summed E-state index contributed by atoms with van der Waals surface area (Å²) in [7, 11) is 0. The Morgan fingerprint density at radius 1 is 1.64 bits per heavy atom. The zero-order valence-corrected chi connectivity index (χ0v) is 9.17. The van der Waals surface area contributed by atoms with Gasteiger partial charge in [-0.3, -0.25) is 0 Å². The van der Waals surface area contributed by atoms with E-state index in [9.17, 15) is 9.90 Å². The summed E-state index contributed by atoms with van der Waals surface area (Å²) in [5, 5.41) is 18.6. The number of aliphatic hydroxyl groups excluding tert-OH is 1. The molecule has 3 nitrogen and oxygen atoms in total. The molecule has 0 spiro atoms. The van der Waals surface area contributed by atoms with E-state index < -0.39 is 5.97 Å². The molecule has 0 bridgehead atoms. The van der Waals surface area contributed by atoms with Crippen molar-refractivity contribution in [2.45, 2.75) is 26.2 Å². The molecule has 0 radical (unpaired) electrons. The number of carbonyl (C=O) groups excluding carboxylic acids is 1. The van der Waals surface area contributed by atoms with Crippen molar-refractivity contribution in [3.8, 4) is 0 Å². The maximum Gasteiger partial charge on any atom is 1.00 e. The fourth-order valence-corrected chi connectivity index (χ4v) is 0.902. The fraction of sp³-hybridized carbons (Fsp3) is 0.857. The predicted molar refractivity (Wildman–Crippen MR) is 35.1 cm³/mol. The van der Waals surface area contributed by atoms with Crippen LogP contribution in [0.1, 0.15) is 26.2 Å². The zero-order chi connectivity index (χ0) is 7.98. The normalized spacial score (nSPS) is 11.8. The smallest absolute Gasteiger partial charge is 0.550 e. The van der Waals surface area contributed by atoms with Crippen molar-refractivity contribution in [2.24, 2.45) is 5.92 Å². The van der Waals surface area contributed by atoms with Crippen LogP contribution < -0.4 is 34.7 Å². The van der Waals surface area contributed by atoms with Gasteiger partial charge in [0.05, 0.1) is 0 Å². The van der Waals surface area contributed by atoms with Crippen molar-refractivity contribution < 1.29 is 44.6 Å². The van der Waals surface area contributed by atoms with Gasteiger partial charge in [-0.25, -0.2) is 0 Å². The minimum Gasteiger partial charge on any atom is -0.550 e. The summed E-state index contributed by atoms with van der Waals surface area (Å²) >= 11 is 0.